The maximum Gasteiger partial charge on any atom is 0.405 e. The normalized spacial score (nSPS) is 11.5. The van der Waals surface area contributed by atoms with Gasteiger partial charge in [0.2, 0.25) is 0 Å². The maximum atomic E-state index is 13.4. The Labute approximate surface area is 101 Å². The maximum absolute atomic E-state index is 13.4. The smallest absolute Gasteiger partial charge is 0.368 e. The molecule has 102 valence electrons. The molecule has 1 aromatic rings. The Kier molecular flexibility index (Phi) is 4.31. The minimum atomic E-state index is -4.49. The molecule has 0 aliphatic heterocycles. The van der Waals surface area contributed by atoms with E-state index >= 15 is 0 Å². The minimum Gasteiger partial charge on any atom is -0.368 e. The molecule has 0 bridgehead atoms. The molecule has 8 heteroatoms. The summed E-state index contributed by atoms with van der Waals surface area (Å²) in [6.45, 7) is 0.607. The van der Waals surface area contributed by atoms with Gasteiger partial charge >= 0.3 is 6.18 Å². The molecular weight excluding hydrogens is 257 g/mol. The Morgan fingerprint density at radius 1 is 1.28 bits per heavy atom. The molecule has 0 aliphatic carbocycles. The molecule has 0 unspecified atom stereocenters. The number of pyridine rings is 1. The van der Waals surface area contributed by atoms with Crippen molar-refractivity contribution in [2.75, 3.05) is 30.4 Å². The van der Waals surface area contributed by atoms with Gasteiger partial charge in [-0.15, -0.1) is 0 Å². The summed E-state index contributed by atoms with van der Waals surface area (Å²) < 4.78 is 63.1. The van der Waals surface area contributed by atoms with Crippen LogP contribution in [0.15, 0.2) is 6.07 Å². The fourth-order valence-corrected chi connectivity index (χ4v) is 1.36. The highest BCUT2D eigenvalue weighted by molar-refractivity contribution is 5.48. The Bertz CT molecular complexity index is 419. The first kappa shape index (κ1) is 14.5. The monoisotopic (exact) mass is 269 g/mol. The van der Waals surface area contributed by atoms with E-state index in [-0.39, 0.29) is 5.82 Å². The standard InChI is InChI=1S/C10H12F5N3/c1-3-16-8-6(11)4-7(12)9(17-8)18(2)5-10(13,14)15/h4H,3,5H2,1-2H3,(H,16,17). The van der Waals surface area contributed by atoms with Crippen molar-refractivity contribution in [1.82, 2.24) is 4.98 Å². The van der Waals surface area contributed by atoms with Gasteiger partial charge in [-0.25, -0.2) is 13.8 Å². The predicted molar refractivity (Wildman–Crippen MR) is 57.6 cm³/mol. The lowest BCUT2D eigenvalue weighted by Crippen LogP contribution is -2.32. The van der Waals surface area contributed by atoms with Gasteiger partial charge in [0.25, 0.3) is 0 Å². The Hall–Kier alpha value is -1.60. The van der Waals surface area contributed by atoms with Crippen molar-refractivity contribution in [2.24, 2.45) is 0 Å². The third-order valence-corrected chi connectivity index (χ3v) is 2.03. The van der Waals surface area contributed by atoms with Crippen LogP contribution in [0.3, 0.4) is 0 Å². The molecule has 1 rings (SSSR count). The molecule has 0 spiro atoms. The SMILES string of the molecule is CCNc1nc(N(C)CC(F)(F)F)c(F)cc1F. The van der Waals surface area contributed by atoms with Crippen molar-refractivity contribution in [3.05, 3.63) is 17.7 Å². The van der Waals surface area contributed by atoms with Crippen LogP contribution in [0.5, 0.6) is 0 Å². The molecular formula is C10H12F5N3. The second-order valence-corrected chi connectivity index (χ2v) is 3.63. The Balaban J connectivity index is 3.04. The zero-order valence-electron chi connectivity index (χ0n) is 9.78. The van der Waals surface area contributed by atoms with Crippen LogP contribution < -0.4 is 10.2 Å². The summed E-state index contributed by atoms with van der Waals surface area (Å²) in [5.41, 5.74) is 0. The highest BCUT2D eigenvalue weighted by Crippen LogP contribution is 2.24. The van der Waals surface area contributed by atoms with Gasteiger partial charge in [-0.1, -0.05) is 0 Å². The zero-order valence-corrected chi connectivity index (χ0v) is 9.78. The summed E-state index contributed by atoms with van der Waals surface area (Å²) in [5.74, 6) is -2.91. The van der Waals surface area contributed by atoms with Crippen LogP contribution in [0.25, 0.3) is 0 Å². The second kappa shape index (κ2) is 5.36. The van der Waals surface area contributed by atoms with E-state index in [0.29, 0.717) is 17.5 Å². The topological polar surface area (TPSA) is 28.2 Å². The van der Waals surface area contributed by atoms with Gasteiger partial charge in [0.1, 0.15) is 6.54 Å². The highest BCUT2D eigenvalue weighted by Gasteiger charge is 2.31. The summed E-state index contributed by atoms with van der Waals surface area (Å²) >= 11 is 0. The summed E-state index contributed by atoms with van der Waals surface area (Å²) in [4.78, 5) is 4.09. The summed E-state index contributed by atoms with van der Waals surface area (Å²) in [7, 11) is 1.03. The molecule has 0 radical (unpaired) electrons. The molecule has 18 heavy (non-hydrogen) atoms. The molecule has 0 fully saturated rings. The van der Waals surface area contributed by atoms with Crippen LogP contribution in [-0.2, 0) is 0 Å². The lowest BCUT2D eigenvalue weighted by Gasteiger charge is -2.21. The lowest BCUT2D eigenvalue weighted by molar-refractivity contribution is -0.119. The number of hydrogen-bond acceptors (Lipinski definition) is 3. The third kappa shape index (κ3) is 3.71. The number of halogens is 5. The fourth-order valence-electron chi connectivity index (χ4n) is 1.36. The van der Waals surface area contributed by atoms with Crippen LogP contribution >= 0.6 is 0 Å². The largest absolute Gasteiger partial charge is 0.405 e. The van der Waals surface area contributed by atoms with Crippen LogP contribution in [0.2, 0.25) is 0 Å². The van der Waals surface area contributed by atoms with E-state index in [1.165, 1.54) is 0 Å². The van der Waals surface area contributed by atoms with Crippen LogP contribution in [0, 0.1) is 11.6 Å². The molecule has 1 heterocycles. The van der Waals surface area contributed by atoms with Crippen molar-refractivity contribution >= 4 is 11.6 Å². The van der Waals surface area contributed by atoms with Gasteiger partial charge in [0.05, 0.1) is 0 Å². The number of hydrogen-bond donors (Lipinski definition) is 1. The van der Waals surface area contributed by atoms with Gasteiger partial charge in [0, 0.05) is 19.7 Å². The first-order valence-electron chi connectivity index (χ1n) is 5.12. The summed E-state index contributed by atoms with van der Waals surface area (Å²) in [6.07, 6.45) is -4.49. The van der Waals surface area contributed by atoms with Crippen LogP contribution in [0.1, 0.15) is 6.92 Å². The molecule has 1 aromatic heterocycles. The molecule has 0 atom stereocenters. The van der Waals surface area contributed by atoms with Gasteiger partial charge < -0.3 is 10.2 Å². The quantitative estimate of drug-likeness (QED) is 0.852. The van der Waals surface area contributed by atoms with Crippen molar-refractivity contribution in [1.29, 1.82) is 0 Å². The van der Waals surface area contributed by atoms with Gasteiger partial charge in [-0.2, -0.15) is 13.2 Å². The number of nitrogens with one attached hydrogen (secondary N) is 1. The molecule has 0 saturated heterocycles. The van der Waals surface area contributed by atoms with E-state index in [4.69, 9.17) is 0 Å². The third-order valence-electron chi connectivity index (χ3n) is 2.03. The molecule has 0 amide bonds. The summed E-state index contributed by atoms with van der Waals surface area (Å²) in [6, 6.07) is 0.507. The van der Waals surface area contributed by atoms with E-state index in [2.05, 4.69) is 10.3 Å². The van der Waals surface area contributed by atoms with E-state index in [1.54, 1.807) is 6.92 Å². The number of anilines is 2. The van der Waals surface area contributed by atoms with E-state index < -0.39 is 30.2 Å². The molecule has 1 N–H and O–H groups in total. The first-order valence-corrected chi connectivity index (χ1v) is 5.12. The van der Waals surface area contributed by atoms with Gasteiger partial charge in [-0.3, -0.25) is 0 Å². The number of alkyl halides is 3. The summed E-state index contributed by atoms with van der Waals surface area (Å²) in [5, 5.41) is 2.50. The van der Waals surface area contributed by atoms with Gasteiger partial charge in [0.15, 0.2) is 23.3 Å². The first-order chi connectivity index (χ1) is 8.24. The Morgan fingerprint density at radius 3 is 2.39 bits per heavy atom. The molecule has 3 nitrogen and oxygen atoms in total. The van der Waals surface area contributed by atoms with Crippen molar-refractivity contribution in [2.45, 2.75) is 13.1 Å². The van der Waals surface area contributed by atoms with Crippen molar-refractivity contribution in [3.8, 4) is 0 Å². The second-order valence-electron chi connectivity index (χ2n) is 3.63. The molecule has 0 saturated carbocycles. The number of aromatic nitrogens is 1. The average Bonchev–Trinajstić information content (AvgIpc) is 2.19. The van der Waals surface area contributed by atoms with Gasteiger partial charge in [-0.05, 0) is 6.92 Å². The fraction of sp³-hybridized carbons (Fsp3) is 0.500. The van der Waals surface area contributed by atoms with E-state index in [0.717, 1.165) is 7.05 Å². The van der Waals surface area contributed by atoms with Crippen molar-refractivity contribution < 1.29 is 22.0 Å². The highest BCUT2D eigenvalue weighted by atomic mass is 19.4. The van der Waals surface area contributed by atoms with Crippen LogP contribution in [-0.4, -0.2) is 31.3 Å². The average molecular weight is 269 g/mol. The van der Waals surface area contributed by atoms with Crippen LogP contribution in [0.4, 0.5) is 33.6 Å². The minimum absolute atomic E-state index is 0.275. The molecule has 0 aromatic carbocycles. The van der Waals surface area contributed by atoms with E-state index in [1.807, 2.05) is 0 Å². The predicted octanol–water partition coefficient (Wildman–Crippen LogP) is 2.79. The lowest BCUT2D eigenvalue weighted by atomic mass is 10.3. The van der Waals surface area contributed by atoms with Crippen molar-refractivity contribution in [3.63, 3.8) is 0 Å². The molecule has 0 aliphatic rings. The number of nitrogens with zero attached hydrogens (tertiary/aromatic N) is 2. The van der Waals surface area contributed by atoms with E-state index in [9.17, 15) is 22.0 Å². The zero-order chi connectivity index (χ0) is 13.9. The Morgan fingerprint density at radius 2 is 1.89 bits per heavy atom. The number of rotatable bonds is 4.